The molecule has 3 saturated carbocycles. The minimum atomic E-state index is -0.570. The van der Waals surface area contributed by atoms with Gasteiger partial charge in [-0.2, -0.15) is 0 Å². The number of hydrogen-bond acceptors (Lipinski definition) is 13. The molecule has 1 N–H and O–H groups in total. The highest BCUT2D eigenvalue weighted by Gasteiger charge is 2.56. The quantitative estimate of drug-likeness (QED) is 0.0956. The predicted octanol–water partition coefficient (Wildman–Crippen LogP) is 42.5. The molecule has 0 amide bonds. The Balaban J connectivity index is -0.0000000260. The maximum atomic E-state index is 15.3. The van der Waals surface area contributed by atoms with Crippen molar-refractivity contribution >= 4 is 5.78 Å². The minimum absolute atomic E-state index is 0. The number of allylic oxidation sites excluding steroid dienone is 4. The fourth-order valence-corrected chi connectivity index (χ4v) is 20.5. The number of ketones is 1. The summed E-state index contributed by atoms with van der Waals surface area (Å²) in [4.78, 5) is 65.1. The van der Waals surface area contributed by atoms with E-state index in [1.165, 1.54) is 36.6 Å². The van der Waals surface area contributed by atoms with Crippen LogP contribution in [0.25, 0.3) is 77.6 Å². The van der Waals surface area contributed by atoms with Crippen LogP contribution in [0.1, 0.15) is 481 Å². The van der Waals surface area contributed by atoms with Crippen molar-refractivity contribution in [1.29, 1.82) is 0 Å². The molecule has 0 saturated heterocycles. The van der Waals surface area contributed by atoms with Crippen LogP contribution in [0.15, 0.2) is 162 Å². The van der Waals surface area contributed by atoms with Crippen LogP contribution in [0.2, 0.25) is 0 Å². The average Bonchev–Trinajstić information content (AvgIpc) is 1.59. The number of rotatable bonds is 15. The Hall–Kier alpha value is -10.7. The van der Waals surface area contributed by atoms with E-state index < -0.39 is 10.8 Å². The zero-order valence-corrected chi connectivity index (χ0v) is 63.9. The third kappa shape index (κ3) is 13.0. The van der Waals surface area contributed by atoms with Crippen molar-refractivity contribution in [1.82, 2.24) is 50.0 Å². The lowest BCUT2D eigenvalue weighted by Gasteiger charge is -2.50. The normalized spacial score (nSPS) is 30.6. The van der Waals surface area contributed by atoms with Crippen LogP contribution >= 0.6 is 0 Å². The first-order valence-corrected chi connectivity index (χ1v) is 40.3. The lowest BCUT2D eigenvalue weighted by atomic mass is 9.54. The Morgan fingerprint density at radius 3 is 1.35 bits per heavy atom. The number of nitrogens with zero attached hydrogens (tertiary/aromatic N) is 12. The van der Waals surface area contributed by atoms with Crippen molar-refractivity contribution in [3.8, 4) is 67.9 Å². The first kappa shape index (κ1) is 24.6. The van der Waals surface area contributed by atoms with Crippen LogP contribution in [-0.4, -0.2) is 60.9 Å². The summed E-state index contributed by atoms with van der Waals surface area (Å²) in [5, 5.41) is 15.0. The van der Waals surface area contributed by atoms with E-state index in [2.05, 4.69) is 75.7 Å². The molecule has 7 aromatic heterocycles. The van der Waals surface area contributed by atoms with Crippen LogP contribution in [0.3, 0.4) is 0 Å². The van der Waals surface area contributed by atoms with Crippen LogP contribution in [0.5, 0.6) is 0 Å². The number of benzene rings is 3. The number of fused-ring (bicyclic) bond motifs is 10. The maximum Gasteiger partial charge on any atom is 0.226 e. The number of aliphatic hydroxyl groups is 1. The summed E-state index contributed by atoms with van der Waals surface area (Å²) in [5.74, 6) is 4.02. The number of carbonyl (C=O) groups is 1. The molecule has 0 bridgehead atoms. The fraction of sp³-hybridized carbons (Fsp3) is 0.409. The summed E-state index contributed by atoms with van der Waals surface area (Å²) in [5.41, 5.74) is 15.9. The molecule has 111 heavy (non-hydrogen) atoms. The first-order chi connectivity index (χ1) is 138. The molecule has 15 nitrogen and oxygen atoms in total. The second-order valence-corrected chi connectivity index (χ2v) is 32.8. The third-order valence-electron chi connectivity index (χ3n) is 26.1. The van der Waals surface area contributed by atoms with Crippen molar-refractivity contribution in [2.24, 2.45) is 29.6 Å². The average molecular weight is 1990 g/mol. The van der Waals surface area contributed by atoms with Gasteiger partial charge in [0, 0.05) is 394 Å². The lowest BCUT2D eigenvalue weighted by molar-refractivity contribution is -0.122. The van der Waals surface area contributed by atoms with Gasteiger partial charge in [-0.1, -0.05) is 108 Å². The third-order valence-corrected chi connectivity index (χ3v) is 26.1. The molecule has 0 radical (unpaired) electrons. The molecule has 3 fully saturated rings. The highest BCUT2D eigenvalue weighted by atomic mass is 19.1. The van der Waals surface area contributed by atoms with E-state index in [0.717, 1.165) is 175 Å². The summed E-state index contributed by atoms with van der Waals surface area (Å²) < 4.78 is 891. The Morgan fingerprint density at radius 2 is 0.928 bits per heavy atom. The Labute approximate surface area is 907 Å². The topological polar surface area (TPSA) is 188 Å². The highest BCUT2D eigenvalue weighted by Crippen LogP contribution is 2.60. The highest BCUT2D eigenvalue weighted by molar-refractivity contribution is 6.00. The van der Waals surface area contributed by atoms with E-state index in [4.69, 9.17) is 297 Å². The summed E-state index contributed by atoms with van der Waals surface area (Å²) >= 11 is 0. The summed E-state index contributed by atoms with van der Waals surface area (Å²) in [6.07, 6.45) is 27.8. The molecule has 18 heteroatoms. The van der Waals surface area contributed by atoms with Crippen molar-refractivity contribution in [3.05, 3.63) is 260 Å². The van der Waals surface area contributed by atoms with Gasteiger partial charge in [-0.3, -0.25) is 15.0 Å². The Kier molecular flexibility index (Phi) is 6.55. The molecule has 10 aromatic rings. The number of pyridine rings is 3. The minimum Gasteiger partial charge on any atom is -0.523 e. The standard InChI is InChI=1S/2C31H31FN4O.C31H29FN4O.85H2/c1-3-13-31-16-21-17-34-37-28(21)18(2)24(31)11-10-23-27(22-6-4-5-7-25(22)32)35-30(36-29(23)31)20-12-14-33-26(15-20)19-8-9-19;2*1-4-14-31-17-26(33-3)28(37)18(2)23(31)12-11-22-27(21-7-5-6-8-24(21)32)35-30(36-29(22)31)20-13-15-34-25(16-20)19-9-10-19;;;;;;;;;;;;;;;;;;;;;;;;;;;;;;;;;;;;;;;;;;;;;;;;;;;;;;;;;;;;;;;;;;;;;;;;;;;;;;;;;;;;;/h4-7,12,14-15,17-19,24H,3,8-11,13,16H2,1-2H3;5-8,13,15-16,18-19,23,37H,4,9-12,14,17H2,1-2H3;5-8,13,15-19,23H,4,9-12,14H2,1-2H3;85*1H/t18-,24-,31-;2*18-,23-,31-;;;;;;;;;;;;;;;;;;;;;;;;;;;;;;;;;;;;;;;;;;;;;;;;;;;;;;;;;;;;;;;;;;;;;;;;;;;;;;;;;;;;;/m111...................................................................................../s1/i;;;84*1+2T;1+2. The van der Waals surface area contributed by atoms with Crippen LogP contribution < -0.4 is 0 Å². The molecule has 3 aromatic carbocycles. The summed E-state index contributed by atoms with van der Waals surface area (Å²) in [7, 11) is 0. The largest absolute Gasteiger partial charge is 0.523 e. The van der Waals surface area contributed by atoms with Crippen molar-refractivity contribution in [2.75, 3.05) is 0 Å². The van der Waals surface area contributed by atoms with E-state index in [1.54, 1.807) is 36.5 Å². The predicted molar refractivity (Wildman–Crippen MR) is 600 cm³/mol. The van der Waals surface area contributed by atoms with Crippen molar-refractivity contribution in [2.45, 2.75) is 210 Å². The van der Waals surface area contributed by atoms with Gasteiger partial charge in [-0.15, -0.1) is 0 Å². The molecular formula is C93H261F3N12O3. The van der Waals surface area contributed by atoms with E-state index in [1.807, 2.05) is 81.0 Å². The van der Waals surface area contributed by atoms with Gasteiger partial charge in [-0.05, 0) is 200 Å². The van der Waals surface area contributed by atoms with Crippen LogP contribution in [-0.2, 0) is 46.7 Å². The Morgan fingerprint density at radius 1 is 0.514 bits per heavy atom. The molecule has 9 aliphatic carbocycles. The summed E-state index contributed by atoms with van der Waals surface area (Å²) in [6.45, 7) is 28.3. The van der Waals surface area contributed by atoms with Gasteiger partial charge < -0.3 is 14.4 Å². The number of carbonyl (C=O) groups excluding carboxylic acids is 1. The zero-order valence-electron chi connectivity index (χ0n) is 232. The SMILES string of the molecule is CCC[C@@]12Cc3cnoc3[C@H](C)[C@H]1CCc1c(-c3ccccc3F)nc(-c3ccnc(C4CC4)c3)nc12.[3HH].[3H][3H].[3H][3H].[3H][3H].[3H][3H].[3H][3H].[3H][3H].[3H][3H].[3H][3H].[3H][3H].[3H][3H].[3H][3H].[3H][3H].[3H][3H].[3H][3H].[3H][3H].[3H][3H].[3H][3H].[3H][3H].[3H][3H].[3H][3H].[3H][3H].[3H][3H].[3H][3H].[3H][3H].[3H][3H].[3H][3H].[3H][3H].[3H][3H].[3H][3H].[3H][3H].[3H][3H].[3H][3H].[3H][3H].[3H][3H].[3H][3H].[3H][3H].[3H][3H].[3H][3H].[3H][3H].[3H][3H].[3H][3H].[3H][3H].[3H][3H].[3H][3H].[3H][3H].[3H][3H].[3H][3H].[3H][3H].[3H][3H].[3H][3H].[3H][3H].[3H][3H].[3H][3H].[3H][3H].[3H][3H].[3H][3H].[3H][3H].[3H][3H].[3H][3H].[3H][3H].[3H][3H].[3H][3H].[3H][3H].[3H][3H].[3H][3H].[3H][3H].[3H][3H].[3H][3H].[3H][3H].[3H][3H].[3H][3H].[3H][3H].[3H][3H].[3H][3H].[3H][3H].[3H][3H].[3H][3H].[3H][3H].[3H][3H].[3H][3H].[3H][3H].[3H][3H].[3H][3H].[3H][3H].[C-]#[N+]C1=C(O)[C@H](C)[C@H]2CCc3c(-c4ccccc4F)nc(-c4ccnc(C5CC5)c4)nc3[C@]2(CCC)C1.[C-]#[N+]C1=C[C@@]2(CCC)c3nc(-c4ccnc(C5CC5)c4)nc(-c4ccccc4F)c3CC[C@@H]2[C@@H](C)C1=O. The smallest absolute Gasteiger partial charge is 0.226 e. The second-order valence-electron chi connectivity index (χ2n) is 32.8. The Bertz CT molecular complexity index is 5760. The maximum absolute atomic E-state index is 15.3. The summed E-state index contributed by atoms with van der Waals surface area (Å²) in [6, 6.07) is 32.7. The van der Waals surface area contributed by atoms with Gasteiger partial charge in [0.25, 0.3) is 0 Å². The van der Waals surface area contributed by atoms with Gasteiger partial charge in [0.15, 0.2) is 23.3 Å². The van der Waals surface area contributed by atoms with E-state index >= 15 is 13.2 Å². The van der Waals surface area contributed by atoms with Gasteiger partial charge in [0.1, 0.15) is 23.2 Å². The number of aliphatic hydroxyl groups excluding tert-OH is 1. The molecule has 0 unspecified atom stereocenters. The van der Waals surface area contributed by atoms with E-state index in [9.17, 15) is 9.90 Å². The molecule has 732 valence electrons. The van der Waals surface area contributed by atoms with Gasteiger partial charge in [0.05, 0.1) is 59.3 Å². The van der Waals surface area contributed by atoms with Crippen LogP contribution in [0.4, 0.5) is 13.2 Å². The first-order valence-electron chi connectivity index (χ1n) is 124. The fourth-order valence-electron chi connectivity index (χ4n) is 20.5. The zero-order chi connectivity index (χ0) is 245. The van der Waals surface area contributed by atoms with Crippen molar-refractivity contribution in [3.63, 3.8) is 0 Å². The molecule has 0 aliphatic heterocycles. The number of hydrogen-bond donors (Lipinski definition) is 1. The molecular weight excluding hydrogens is 1390 g/mol. The molecule has 7 heterocycles. The van der Waals surface area contributed by atoms with E-state index in [-0.39, 0.29) is 71.1 Å². The molecule has 9 aliphatic rings. The number of Topliss-reactive ketones (excluding diaryl/α,β-unsaturated/α-hetero) is 1. The molecule has 9 atom stereocenters. The monoisotopic (exact) mass is 1990 g/mol. The van der Waals surface area contributed by atoms with Gasteiger partial charge in [0.2, 0.25) is 11.4 Å². The lowest BCUT2D eigenvalue weighted by Crippen LogP contribution is -2.48. The number of halogens is 3. The second kappa shape index (κ2) is 29.5. The number of aromatic nitrogens is 10. The molecule has 0 spiro atoms. The van der Waals surface area contributed by atoms with Gasteiger partial charge in [-0.25, -0.2) is 52.8 Å². The van der Waals surface area contributed by atoms with Crippen LogP contribution in [0, 0.1) is 60.2 Å². The molecule has 19 rings (SSSR count). The van der Waals surface area contributed by atoms with Crippen molar-refractivity contribution < 1.29 is 278 Å². The van der Waals surface area contributed by atoms with Gasteiger partial charge >= 0.3 is 0 Å². The van der Waals surface area contributed by atoms with E-state index in [0.29, 0.717) is 94.2 Å².